The van der Waals surface area contributed by atoms with Gasteiger partial charge in [-0.3, -0.25) is 15.6 Å². The summed E-state index contributed by atoms with van der Waals surface area (Å²) in [4.78, 5) is 25.0. The van der Waals surface area contributed by atoms with E-state index in [1.165, 1.54) is 12.4 Å². The fourth-order valence-electron chi connectivity index (χ4n) is 4.23. The molecule has 1 fully saturated rings. The number of benzene rings is 2. The van der Waals surface area contributed by atoms with Crippen molar-refractivity contribution in [2.24, 2.45) is 5.92 Å². The van der Waals surface area contributed by atoms with Crippen molar-refractivity contribution >= 4 is 40.2 Å². The van der Waals surface area contributed by atoms with Crippen LogP contribution in [0.4, 0.5) is 15.9 Å². The van der Waals surface area contributed by atoms with Gasteiger partial charge in [-0.15, -0.1) is 16.9 Å². The maximum Gasteiger partial charge on any atom is 0.243 e. The van der Waals surface area contributed by atoms with Gasteiger partial charge in [0.15, 0.2) is 5.65 Å². The van der Waals surface area contributed by atoms with Gasteiger partial charge in [-0.2, -0.15) is 0 Å². The number of rotatable bonds is 6. The Kier molecular flexibility index (Phi) is 6.54. The van der Waals surface area contributed by atoms with Crippen LogP contribution in [0.1, 0.15) is 18.4 Å². The zero-order valence-electron chi connectivity index (χ0n) is 19.5. The Balaban J connectivity index is 1.31. The van der Waals surface area contributed by atoms with Gasteiger partial charge in [-0.25, -0.2) is 19.0 Å². The van der Waals surface area contributed by atoms with Crippen molar-refractivity contribution in [1.82, 2.24) is 25.2 Å². The molecule has 0 aliphatic carbocycles. The molecular formula is C25H26FN7OS. The number of carbonyl (C=O) groups is 1. The van der Waals surface area contributed by atoms with E-state index in [4.69, 9.17) is 0 Å². The van der Waals surface area contributed by atoms with E-state index in [0.29, 0.717) is 23.4 Å². The van der Waals surface area contributed by atoms with Crippen molar-refractivity contribution in [3.63, 3.8) is 0 Å². The molecule has 1 saturated heterocycles. The molecule has 180 valence electrons. The molecule has 1 amide bonds. The lowest BCUT2D eigenvalue weighted by Crippen LogP contribution is -2.44. The third kappa shape index (κ3) is 4.93. The number of nitrogens with zero attached hydrogens (tertiary/aromatic N) is 5. The average molecular weight is 492 g/mol. The molecule has 1 aliphatic heterocycles. The van der Waals surface area contributed by atoms with Crippen LogP contribution in [0.3, 0.4) is 0 Å². The van der Waals surface area contributed by atoms with Crippen LogP contribution in [0, 0.1) is 18.7 Å². The highest BCUT2D eigenvalue weighted by Gasteiger charge is 2.28. The van der Waals surface area contributed by atoms with Gasteiger partial charge in [0.05, 0.1) is 22.7 Å². The van der Waals surface area contributed by atoms with Crippen molar-refractivity contribution < 1.29 is 9.18 Å². The Morgan fingerprint density at radius 2 is 2.00 bits per heavy atom. The normalized spacial score (nSPS) is 15.9. The minimum absolute atomic E-state index is 0.0558. The van der Waals surface area contributed by atoms with Crippen LogP contribution >= 0.6 is 11.8 Å². The summed E-state index contributed by atoms with van der Waals surface area (Å²) >= 11 is 1.67. The minimum Gasteiger partial charge on any atom is -0.355 e. The third-order valence-corrected chi connectivity index (χ3v) is 6.97. The van der Waals surface area contributed by atoms with E-state index >= 15 is 0 Å². The van der Waals surface area contributed by atoms with Crippen molar-refractivity contribution in [3.05, 3.63) is 66.4 Å². The van der Waals surface area contributed by atoms with E-state index in [1.54, 1.807) is 29.4 Å². The number of carbonyl (C=O) groups excluding carboxylic acids is 1. The number of piperidine rings is 1. The first-order valence-electron chi connectivity index (χ1n) is 11.4. The van der Waals surface area contributed by atoms with Gasteiger partial charge < -0.3 is 4.90 Å². The van der Waals surface area contributed by atoms with Crippen LogP contribution in [-0.2, 0) is 4.79 Å². The quantitative estimate of drug-likeness (QED) is 0.306. The van der Waals surface area contributed by atoms with Gasteiger partial charge >= 0.3 is 0 Å². The molecule has 4 aromatic rings. The molecule has 2 N–H and O–H groups in total. The molecule has 0 bridgehead atoms. The van der Waals surface area contributed by atoms with Crippen LogP contribution in [0.25, 0.3) is 16.7 Å². The lowest BCUT2D eigenvalue weighted by atomic mass is 9.97. The number of amides is 1. The maximum atomic E-state index is 14.1. The summed E-state index contributed by atoms with van der Waals surface area (Å²) in [6, 6.07) is 12.9. The average Bonchev–Trinajstić information content (AvgIpc) is 3.34. The Labute approximate surface area is 206 Å². The SMILES string of the molecule is CSc1ccc(NNC(=O)[C@H]2CCCN(c3ncnc4nn(-c5ccc(C)c(F)c5)cc34)C2)cc1. The van der Waals surface area contributed by atoms with Gasteiger partial charge in [0.25, 0.3) is 0 Å². The van der Waals surface area contributed by atoms with Gasteiger partial charge in [-0.05, 0) is 68.0 Å². The lowest BCUT2D eigenvalue weighted by molar-refractivity contribution is -0.124. The zero-order valence-corrected chi connectivity index (χ0v) is 20.3. The van der Waals surface area contributed by atoms with Crippen LogP contribution in [0.5, 0.6) is 0 Å². The standard InChI is InChI=1S/C25H26FN7OS/c1-16-5-8-19(12-22(16)26)33-14-21-23(31-33)27-15-28-24(21)32-11-3-4-17(13-32)25(34)30-29-18-6-9-20(35-2)10-7-18/h5-10,12,14-15,17,29H,3-4,11,13H2,1-2H3,(H,30,34)/t17-/m0/s1. The number of aryl methyl sites for hydroxylation is 1. The Morgan fingerprint density at radius 1 is 1.17 bits per heavy atom. The predicted molar refractivity (Wildman–Crippen MR) is 136 cm³/mol. The van der Waals surface area contributed by atoms with Gasteiger partial charge in [0, 0.05) is 24.2 Å². The topological polar surface area (TPSA) is 88.0 Å². The molecule has 1 aliphatic rings. The summed E-state index contributed by atoms with van der Waals surface area (Å²) in [5.74, 6) is 0.201. The number of aromatic nitrogens is 4. The van der Waals surface area contributed by atoms with E-state index in [9.17, 15) is 9.18 Å². The van der Waals surface area contributed by atoms with E-state index in [2.05, 4.69) is 30.8 Å². The van der Waals surface area contributed by atoms with Crippen LogP contribution in [-0.4, -0.2) is 45.0 Å². The van der Waals surface area contributed by atoms with Crippen molar-refractivity contribution in [1.29, 1.82) is 0 Å². The Hall–Kier alpha value is -3.66. The van der Waals surface area contributed by atoms with Crippen LogP contribution < -0.4 is 15.8 Å². The third-order valence-electron chi connectivity index (χ3n) is 6.23. The molecule has 2 aromatic heterocycles. The van der Waals surface area contributed by atoms with Crippen molar-refractivity contribution in [2.75, 3.05) is 29.7 Å². The summed E-state index contributed by atoms with van der Waals surface area (Å²) in [5.41, 5.74) is 8.41. The molecule has 35 heavy (non-hydrogen) atoms. The highest BCUT2D eigenvalue weighted by Crippen LogP contribution is 2.28. The number of thioether (sulfide) groups is 1. The molecule has 10 heteroatoms. The number of hydrazine groups is 1. The molecular weight excluding hydrogens is 465 g/mol. The molecule has 2 aromatic carbocycles. The number of fused-ring (bicyclic) bond motifs is 1. The molecule has 8 nitrogen and oxygen atoms in total. The summed E-state index contributed by atoms with van der Waals surface area (Å²) in [5, 5.41) is 5.29. The summed E-state index contributed by atoms with van der Waals surface area (Å²) in [7, 11) is 0. The van der Waals surface area contributed by atoms with E-state index < -0.39 is 0 Å². The number of hydrogen-bond acceptors (Lipinski definition) is 7. The second kappa shape index (κ2) is 9.91. The van der Waals surface area contributed by atoms with Crippen LogP contribution in [0.15, 0.2) is 59.9 Å². The second-order valence-electron chi connectivity index (χ2n) is 8.57. The minimum atomic E-state index is -0.285. The molecule has 0 unspecified atom stereocenters. The number of hydrogen-bond donors (Lipinski definition) is 2. The Morgan fingerprint density at radius 3 is 2.77 bits per heavy atom. The highest BCUT2D eigenvalue weighted by atomic mass is 32.2. The first-order chi connectivity index (χ1) is 17.0. The van der Waals surface area contributed by atoms with Gasteiger partial charge in [0.1, 0.15) is 18.0 Å². The molecule has 0 saturated carbocycles. The monoisotopic (exact) mass is 491 g/mol. The maximum absolute atomic E-state index is 14.1. The van der Waals surface area contributed by atoms with Crippen molar-refractivity contribution in [2.45, 2.75) is 24.7 Å². The summed E-state index contributed by atoms with van der Waals surface area (Å²) < 4.78 is 15.7. The number of nitrogens with one attached hydrogen (secondary N) is 2. The second-order valence-corrected chi connectivity index (χ2v) is 9.45. The smallest absolute Gasteiger partial charge is 0.243 e. The zero-order chi connectivity index (χ0) is 24.4. The molecule has 3 heterocycles. The van der Waals surface area contributed by atoms with Gasteiger partial charge in [0.2, 0.25) is 5.91 Å². The summed E-state index contributed by atoms with van der Waals surface area (Å²) in [6.07, 6.45) is 6.99. The lowest BCUT2D eigenvalue weighted by Gasteiger charge is -2.33. The van der Waals surface area contributed by atoms with E-state index in [1.807, 2.05) is 42.8 Å². The highest BCUT2D eigenvalue weighted by molar-refractivity contribution is 7.98. The number of halogens is 1. The first-order valence-corrected chi connectivity index (χ1v) is 12.7. The van der Waals surface area contributed by atoms with E-state index in [0.717, 1.165) is 41.2 Å². The molecule has 0 spiro atoms. The predicted octanol–water partition coefficient (Wildman–Crippen LogP) is 4.34. The fourth-order valence-corrected chi connectivity index (χ4v) is 4.64. The summed E-state index contributed by atoms with van der Waals surface area (Å²) in [6.45, 7) is 3.04. The van der Waals surface area contributed by atoms with E-state index in [-0.39, 0.29) is 17.6 Å². The molecule has 0 radical (unpaired) electrons. The Bertz CT molecular complexity index is 1360. The largest absolute Gasteiger partial charge is 0.355 e. The fraction of sp³-hybridized carbons (Fsp3) is 0.280. The molecule has 5 rings (SSSR count). The molecule has 1 atom stereocenters. The van der Waals surface area contributed by atoms with Crippen molar-refractivity contribution in [3.8, 4) is 5.69 Å². The number of anilines is 2. The first kappa shape index (κ1) is 23.1. The van der Waals surface area contributed by atoms with Gasteiger partial charge in [-0.1, -0.05) is 6.07 Å². The van der Waals surface area contributed by atoms with Crippen LogP contribution in [0.2, 0.25) is 0 Å².